The Balaban J connectivity index is 2.45. The molecule has 3 atom stereocenters. The van der Waals surface area contributed by atoms with E-state index in [4.69, 9.17) is 0 Å². The lowest BCUT2D eigenvalue weighted by molar-refractivity contribution is 0.210. The van der Waals surface area contributed by atoms with Gasteiger partial charge in [-0.25, -0.2) is 0 Å². The molecule has 0 aromatic carbocycles. The molecule has 1 aliphatic heterocycles. The topological polar surface area (TPSA) is 12.0 Å². The third-order valence-electron chi connectivity index (χ3n) is 3.38. The van der Waals surface area contributed by atoms with E-state index in [1.807, 2.05) is 0 Å². The number of rotatable bonds is 4. The zero-order chi connectivity index (χ0) is 9.68. The summed E-state index contributed by atoms with van der Waals surface area (Å²) in [5, 5.41) is 3.70. The van der Waals surface area contributed by atoms with Gasteiger partial charge in [0.25, 0.3) is 0 Å². The van der Waals surface area contributed by atoms with Crippen LogP contribution in [0.25, 0.3) is 0 Å². The molecule has 1 nitrogen and oxygen atoms in total. The normalized spacial score (nSPS) is 31.6. The minimum atomic E-state index is 0.800. The Morgan fingerprint density at radius 3 is 2.92 bits per heavy atom. The highest BCUT2D eigenvalue weighted by Crippen LogP contribution is 2.27. The average molecular weight is 295 g/mol. The van der Waals surface area contributed by atoms with Crippen molar-refractivity contribution in [3.63, 3.8) is 0 Å². The highest BCUT2D eigenvalue weighted by Gasteiger charge is 2.27. The van der Waals surface area contributed by atoms with Crippen LogP contribution in [-0.2, 0) is 0 Å². The molecule has 0 aromatic rings. The van der Waals surface area contributed by atoms with Gasteiger partial charge < -0.3 is 5.32 Å². The van der Waals surface area contributed by atoms with Gasteiger partial charge in [0, 0.05) is 6.04 Å². The molecule has 1 N–H and O–H groups in total. The van der Waals surface area contributed by atoms with Gasteiger partial charge >= 0.3 is 0 Å². The molecule has 0 saturated carbocycles. The van der Waals surface area contributed by atoms with Crippen LogP contribution in [0.15, 0.2) is 0 Å². The lowest BCUT2D eigenvalue weighted by Gasteiger charge is -2.36. The molecule has 0 aromatic heterocycles. The lowest BCUT2D eigenvalue weighted by Crippen LogP contribution is -2.45. The predicted molar refractivity (Wildman–Crippen MR) is 67.5 cm³/mol. The Bertz CT molecular complexity index is 136. The van der Waals surface area contributed by atoms with Crippen LogP contribution < -0.4 is 5.32 Å². The van der Waals surface area contributed by atoms with Gasteiger partial charge in [-0.2, -0.15) is 0 Å². The first-order valence-electron chi connectivity index (χ1n) is 5.59. The second-order valence-electron chi connectivity index (χ2n) is 4.25. The number of piperidine rings is 1. The Hall–Kier alpha value is 0.690. The lowest BCUT2D eigenvalue weighted by atomic mass is 9.81. The van der Waals surface area contributed by atoms with Crippen LogP contribution in [0.3, 0.4) is 0 Å². The van der Waals surface area contributed by atoms with Crippen LogP contribution in [0.4, 0.5) is 0 Å². The highest BCUT2D eigenvalue weighted by atomic mass is 127. The number of alkyl halides is 1. The third kappa shape index (κ3) is 3.39. The van der Waals surface area contributed by atoms with E-state index in [-0.39, 0.29) is 0 Å². The van der Waals surface area contributed by atoms with Gasteiger partial charge in [0.1, 0.15) is 0 Å². The molecule has 1 saturated heterocycles. The van der Waals surface area contributed by atoms with Gasteiger partial charge in [0.15, 0.2) is 0 Å². The van der Waals surface area contributed by atoms with Crippen molar-refractivity contribution in [3.05, 3.63) is 0 Å². The molecule has 0 aliphatic carbocycles. The fourth-order valence-corrected chi connectivity index (χ4v) is 3.16. The molecule has 78 valence electrons. The van der Waals surface area contributed by atoms with Crippen molar-refractivity contribution >= 4 is 22.6 Å². The molecule has 0 bridgehead atoms. The van der Waals surface area contributed by atoms with Crippen LogP contribution in [0.1, 0.15) is 39.5 Å². The SMILES string of the molecule is CCC(C)C1NCCCC1CCI. The van der Waals surface area contributed by atoms with E-state index in [1.54, 1.807) is 0 Å². The highest BCUT2D eigenvalue weighted by molar-refractivity contribution is 14.1. The Morgan fingerprint density at radius 2 is 2.31 bits per heavy atom. The van der Waals surface area contributed by atoms with Crippen molar-refractivity contribution in [1.29, 1.82) is 0 Å². The molecular formula is C11H22IN. The summed E-state index contributed by atoms with van der Waals surface area (Å²) in [4.78, 5) is 0. The van der Waals surface area contributed by atoms with E-state index in [0.717, 1.165) is 17.9 Å². The molecule has 1 fully saturated rings. The van der Waals surface area contributed by atoms with Gasteiger partial charge in [-0.15, -0.1) is 0 Å². The smallest absolute Gasteiger partial charge is 0.0121 e. The summed E-state index contributed by atoms with van der Waals surface area (Å²) in [5.74, 6) is 1.80. The number of hydrogen-bond acceptors (Lipinski definition) is 1. The largest absolute Gasteiger partial charge is 0.313 e. The third-order valence-corrected chi connectivity index (χ3v) is 4.00. The van der Waals surface area contributed by atoms with Gasteiger partial charge in [0.05, 0.1) is 0 Å². The fraction of sp³-hybridized carbons (Fsp3) is 1.00. The Labute approximate surface area is 96.2 Å². The number of halogens is 1. The number of nitrogens with one attached hydrogen (secondary N) is 1. The number of hydrogen-bond donors (Lipinski definition) is 1. The molecule has 1 rings (SSSR count). The van der Waals surface area contributed by atoms with E-state index >= 15 is 0 Å². The minimum Gasteiger partial charge on any atom is -0.313 e. The van der Waals surface area contributed by atoms with Gasteiger partial charge in [-0.1, -0.05) is 42.9 Å². The van der Waals surface area contributed by atoms with Crippen LogP contribution in [0.5, 0.6) is 0 Å². The molecular weight excluding hydrogens is 273 g/mol. The zero-order valence-electron chi connectivity index (χ0n) is 8.85. The molecule has 3 unspecified atom stereocenters. The van der Waals surface area contributed by atoms with Crippen molar-refractivity contribution in [2.75, 3.05) is 11.0 Å². The molecule has 0 spiro atoms. The van der Waals surface area contributed by atoms with Gasteiger partial charge in [-0.3, -0.25) is 0 Å². The predicted octanol–water partition coefficient (Wildman–Crippen LogP) is 3.23. The molecule has 0 radical (unpaired) electrons. The van der Waals surface area contributed by atoms with E-state index in [1.165, 1.54) is 36.7 Å². The fourth-order valence-electron chi connectivity index (χ4n) is 2.36. The van der Waals surface area contributed by atoms with Gasteiger partial charge in [-0.05, 0) is 42.1 Å². The van der Waals surface area contributed by atoms with Crippen molar-refractivity contribution in [2.45, 2.75) is 45.6 Å². The molecule has 1 heterocycles. The van der Waals surface area contributed by atoms with E-state index in [2.05, 4.69) is 41.8 Å². The van der Waals surface area contributed by atoms with Crippen molar-refractivity contribution in [1.82, 2.24) is 5.32 Å². The molecule has 2 heteroatoms. The molecule has 0 amide bonds. The quantitative estimate of drug-likeness (QED) is 0.620. The first-order chi connectivity index (χ1) is 6.29. The monoisotopic (exact) mass is 295 g/mol. The van der Waals surface area contributed by atoms with Crippen molar-refractivity contribution in [3.8, 4) is 0 Å². The average Bonchev–Trinajstić information content (AvgIpc) is 2.18. The summed E-state index contributed by atoms with van der Waals surface area (Å²) in [7, 11) is 0. The maximum Gasteiger partial charge on any atom is 0.0121 e. The summed E-state index contributed by atoms with van der Waals surface area (Å²) in [6.07, 6.45) is 5.55. The van der Waals surface area contributed by atoms with E-state index in [0.29, 0.717) is 0 Å². The van der Waals surface area contributed by atoms with Crippen molar-refractivity contribution in [2.24, 2.45) is 11.8 Å². The maximum absolute atomic E-state index is 3.70. The first kappa shape index (κ1) is 11.8. The minimum absolute atomic E-state index is 0.800. The van der Waals surface area contributed by atoms with E-state index < -0.39 is 0 Å². The summed E-state index contributed by atoms with van der Waals surface area (Å²) >= 11 is 2.51. The maximum atomic E-state index is 3.70. The second kappa shape index (κ2) is 6.23. The zero-order valence-corrected chi connectivity index (χ0v) is 11.0. The van der Waals surface area contributed by atoms with Crippen molar-refractivity contribution < 1.29 is 0 Å². The van der Waals surface area contributed by atoms with Crippen LogP contribution in [0, 0.1) is 11.8 Å². The second-order valence-corrected chi connectivity index (χ2v) is 5.32. The first-order valence-corrected chi connectivity index (χ1v) is 7.11. The van der Waals surface area contributed by atoms with Crippen LogP contribution in [-0.4, -0.2) is 17.0 Å². The standard InChI is InChI=1S/C11H22IN/c1-3-9(2)11-10(6-7-12)5-4-8-13-11/h9-11,13H,3-8H2,1-2H3. The summed E-state index contributed by atoms with van der Waals surface area (Å²) in [6.45, 7) is 5.94. The van der Waals surface area contributed by atoms with Crippen LogP contribution >= 0.6 is 22.6 Å². The Morgan fingerprint density at radius 1 is 1.54 bits per heavy atom. The summed E-state index contributed by atoms with van der Waals surface area (Å²) in [5.41, 5.74) is 0. The molecule has 13 heavy (non-hydrogen) atoms. The van der Waals surface area contributed by atoms with Gasteiger partial charge in [0.2, 0.25) is 0 Å². The summed E-state index contributed by atoms with van der Waals surface area (Å²) < 4.78 is 1.32. The van der Waals surface area contributed by atoms with Crippen LogP contribution in [0.2, 0.25) is 0 Å². The molecule has 1 aliphatic rings. The Kier molecular flexibility index (Phi) is 5.63. The summed E-state index contributed by atoms with van der Waals surface area (Å²) in [6, 6.07) is 0.800. The van der Waals surface area contributed by atoms with E-state index in [9.17, 15) is 0 Å².